The van der Waals surface area contributed by atoms with Gasteiger partial charge in [0.15, 0.2) is 0 Å². The lowest BCUT2D eigenvalue weighted by molar-refractivity contribution is 0.0950. The Kier molecular flexibility index (Phi) is 3.56. The molecule has 7 heteroatoms. The molecular weight excluding hydrogens is 280 g/mol. The molecule has 0 spiro atoms. The van der Waals surface area contributed by atoms with E-state index in [4.69, 9.17) is 16.3 Å². The summed E-state index contributed by atoms with van der Waals surface area (Å²) in [6.07, 6.45) is 2.45. The van der Waals surface area contributed by atoms with Crippen LogP contribution in [0.2, 0.25) is 5.15 Å². The minimum Gasteiger partial charge on any atom is -0.478 e. The quantitative estimate of drug-likeness (QED) is 0.873. The van der Waals surface area contributed by atoms with Gasteiger partial charge in [-0.1, -0.05) is 11.6 Å². The molecule has 104 valence electrons. The molecule has 1 amide bonds. The Hall–Kier alpha value is -2.08. The van der Waals surface area contributed by atoms with Gasteiger partial charge < -0.3 is 10.1 Å². The molecule has 0 atom stereocenters. The number of carbonyl (C=O) groups excluding carboxylic acids is 1. The molecule has 3 rings (SSSR count). The highest BCUT2D eigenvalue weighted by atomic mass is 35.5. The number of halogens is 1. The van der Waals surface area contributed by atoms with Gasteiger partial charge in [0.2, 0.25) is 5.88 Å². The van der Waals surface area contributed by atoms with Crippen LogP contribution in [0, 0.1) is 0 Å². The van der Waals surface area contributed by atoms with Crippen molar-refractivity contribution in [1.29, 1.82) is 0 Å². The van der Waals surface area contributed by atoms with Gasteiger partial charge in [0.1, 0.15) is 5.15 Å². The van der Waals surface area contributed by atoms with E-state index >= 15 is 0 Å². The van der Waals surface area contributed by atoms with E-state index in [0.717, 1.165) is 24.5 Å². The number of hydrogen-bond donors (Lipinski definition) is 1. The minimum absolute atomic E-state index is 0.207. The summed E-state index contributed by atoms with van der Waals surface area (Å²) >= 11 is 5.75. The number of ether oxygens (including phenoxy) is 1. The summed E-state index contributed by atoms with van der Waals surface area (Å²) in [5.41, 5.74) is 1.25. The lowest BCUT2D eigenvalue weighted by Crippen LogP contribution is -2.23. The molecule has 3 heterocycles. The molecule has 0 saturated carbocycles. The van der Waals surface area contributed by atoms with Crippen molar-refractivity contribution in [2.45, 2.75) is 19.5 Å². The van der Waals surface area contributed by atoms with Crippen LogP contribution in [-0.4, -0.2) is 27.3 Å². The maximum Gasteiger partial charge on any atom is 0.251 e. The molecule has 0 radical (unpaired) electrons. The Balaban J connectivity index is 1.64. The molecule has 20 heavy (non-hydrogen) atoms. The summed E-state index contributed by atoms with van der Waals surface area (Å²) in [5, 5.41) is 7.46. The van der Waals surface area contributed by atoms with Crippen molar-refractivity contribution in [2.24, 2.45) is 0 Å². The monoisotopic (exact) mass is 292 g/mol. The number of aryl methyl sites for hydroxylation is 1. The SMILES string of the molecule is O=C(NCc1cc2n(n1)CCCO2)c1ccnc(Cl)c1. The number of pyridine rings is 1. The van der Waals surface area contributed by atoms with E-state index < -0.39 is 0 Å². The number of rotatable bonds is 3. The predicted molar refractivity (Wildman–Crippen MR) is 72.8 cm³/mol. The van der Waals surface area contributed by atoms with Gasteiger partial charge >= 0.3 is 0 Å². The number of hydrogen-bond acceptors (Lipinski definition) is 4. The van der Waals surface area contributed by atoms with Gasteiger partial charge in [0.25, 0.3) is 5.91 Å². The van der Waals surface area contributed by atoms with Crippen LogP contribution < -0.4 is 10.1 Å². The average Bonchev–Trinajstić information content (AvgIpc) is 2.87. The largest absolute Gasteiger partial charge is 0.478 e. The van der Waals surface area contributed by atoms with E-state index in [1.807, 2.05) is 10.7 Å². The second-order valence-electron chi connectivity index (χ2n) is 4.45. The van der Waals surface area contributed by atoms with E-state index in [1.165, 1.54) is 12.3 Å². The number of carbonyl (C=O) groups is 1. The first-order valence-corrected chi connectivity index (χ1v) is 6.69. The van der Waals surface area contributed by atoms with Gasteiger partial charge in [-0.25, -0.2) is 9.67 Å². The van der Waals surface area contributed by atoms with E-state index in [-0.39, 0.29) is 5.91 Å². The highest BCUT2D eigenvalue weighted by molar-refractivity contribution is 6.29. The number of nitrogens with one attached hydrogen (secondary N) is 1. The van der Waals surface area contributed by atoms with Crippen LogP contribution in [0.4, 0.5) is 0 Å². The van der Waals surface area contributed by atoms with Crippen LogP contribution in [0.3, 0.4) is 0 Å². The third kappa shape index (κ3) is 2.75. The lowest BCUT2D eigenvalue weighted by Gasteiger charge is -2.13. The fourth-order valence-corrected chi connectivity index (χ4v) is 2.19. The maximum absolute atomic E-state index is 12.0. The highest BCUT2D eigenvalue weighted by Gasteiger charge is 2.14. The van der Waals surface area contributed by atoms with Gasteiger partial charge in [-0.05, 0) is 12.1 Å². The molecule has 2 aromatic heterocycles. The molecule has 0 aliphatic carbocycles. The summed E-state index contributed by atoms with van der Waals surface area (Å²) in [7, 11) is 0. The fraction of sp³-hybridized carbons (Fsp3) is 0.308. The summed E-state index contributed by atoms with van der Waals surface area (Å²) in [4.78, 5) is 15.8. The van der Waals surface area contributed by atoms with Gasteiger partial charge in [-0.15, -0.1) is 0 Å². The van der Waals surface area contributed by atoms with Crippen molar-refractivity contribution < 1.29 is 9.53 Å². The Morgan fingerprint density at radius 2 is 2.40 bits per heavy atom. The third-order valence-electron chi connectivity index (χ3n) is 2.98. The smallest absolute Gasteiger partial charge is 0.251 e. The molecule has 1 aliphatic rings. The number of nitrogens with zero attached hydrogens (tertiary/aromatic N) is 3. The second kappa shape index (κ2) is 5.50. The zero-order valence-electron chi connectivity index (χ0n) is 10.7. The lowest BCUT2D eigenvalue weighted by atomic mass is 10.2. The molecule has 0 unspecified atom stereocenters. The van der Waals surface area contributed by atoms with E-state index in [1.54, 1.807) is 6.07 Å². The van der Waals surface area contributed by atoms with Gasteiger partial charge in [-0.3, -0.25) is 4.79 Å². The molecule has 0 bridgehead atoms. The summed E-state index contributed by atoms with van der Waals surface area (Å²) < 4.78 is 7.29. The first-order chi connectivity index (χ1) is 9.72. The topological polar surface area (TPSA) is 69.0 Å². The summed E-state index contributed by atoms with van der Waals surface area (Å²) in [6.45, 7) is 1.92. The Labute approximate surface area is 120 Å². The summed E-state index contributed by atoms with van der Waals surface area (Å²) in [6, 6.07) is 4.99. The highest BCUT2D eigenvalue weighted by Crippen LogP contribution is 2.18. The standard InChI is InChI=1S/C13H13ClN4O2/c14-11-6-9(2-3-15-11)13(19)16-8-10-7-12-18(17-10)4-1-5-20-12/h2-3,6-7H,1,4-5,8H2,(H,16,19). The van der Waals surface area contributed by atoms with Crippen LogP contribution >= 0.6 is 11.6 Å². The van der Waals surface area contributed by atoms with Crippen LogP contribution in [0.5, 0.6) is 5.88 Å². The van der Waals surface area contributed by atoms with Crippen molar-refractivity contribution in [3.63, 3.8) is 0 Å². The molecule has 0 saturated heterocycles. The molecule has 6 nitrogen and oxygen atoms in total. The second-order valence-corrected chi connectivity index (χ2v) is 4.84. The zero-order valence-corrected chi connectivity index (χ0v) is 11.4. The number of fused-ring (bicyclic) bond motifs is 1. The van der Waals surface area contributed by atoms with Crippen LogP contribution in [0.15, 0.2) is 24.4 Å². The van der Waals surface area contributed by atoms with E-state index in [9.17, 15) is 4.79 Å². The van der Waals surface area contributed by atoms with Crippen molar-refractivity contribution in [1.82, 2.24) is 20.1 Å². The first-order valence-electron chi connectivity index (χ1n) is 6.31. The minimum atomic E-state index is -0.207. The van der Waals surface area contributed by atoms with Crippen molar-refractivity contribution in [3.05, 3.63) is 40.8 Å². The summed E-state index contributed by atoms with van der Waals surface area (Å²) in [5.74, 6) is 0.550. The van der Waals surface area contributed by atoms with Crippen LogP contribution in [0.1, 0.15) is 22.5 Å². The Morgan fingerprint density at radius 1 is 1.50 bits per heavy atom. The molecule has 0 fully saturated rings. The molecule has 2 aromatic rings. The third-order valence-corrected chi connectivity index (χ3v) is 3.18. The number of amides is 1. The molecule has 1 N–H and O–H groups in total. The normalized spacial score (nSPS) is 13.4. The van der Waals surface area contributed by atoms with Crippen molar-refractivity contribution >= 4 is 17.5 Å². The Bertz CT molecular complexity index is 618. The zero-order chi connectivity index (χ0) is 13.9. The first kappa shape index (κ1) is 12.9. The maximum atomic E-state index is 12.0. The van der Waals surface area contributed by atoms with E-state index in [0.29, 0.717) is 23.9 Å². The van der Waals surface area contributed by atoms with Gasteiger partial charge in [0, 0.05) is 30.8 Å². The van der Waals surface area contributed by atoms with Crippen molar-refractivity contribution in [3.8, 4) is 5.88 Å². The van der Waals surface area contributed by atoms with Crippen LogP contribution in [-0.2, 0) is 13.1 Å². The van der Waals surface area contributed by atoms with Gasteiger partial charge in [0.05, 0.1) is 18.8 Å². The predicted octanol–water partition coefficient (Wildman–Crippen LogP) is 1.64. The van der Waals surface area contributed by atoms with E-state index in [2.05, 4.69) is 15.4 Å². The average molecular weight is 293 g/mol. The number of aromatic nitrogens is 3. The van der Waals surface area contributed by atoms with Gasteiger partial charge in [-0.2, -0.15) is 5.10 Å². The molecule has 1 aliphatic heterocycles. The van der Waals surface area contributed by atoms with Crippen LogP contribution in [0.25, 0.3) is 0 Å². The molecular formula is C13H13ClN4O2. The van der Waals surface area contributed by atoms with Crippen molar-refractivity contribution in [2.75, 3.05) is 6.61 Å². The molecule has 0 aromatic carbocycles. The fourth-order valence-electron chi connectivity index (χ4n) is 2.02. The Morgan fingerprint density at radius 3 is 3.20 bits per heavy atom.